The van der Waals surface area contributed by atoms with Gasteiger partial charge in [0.15, 0.2) is 23.3 Å². The molecule has 0 bridgehead atoms. The SMILES string of the molecule is CCNc1nc(NC(C)C(CC)CC)c(F)cc1F. The molecule has 19 heavy (non-hydrogen) atoms. The minimum absolute atomic E-state index is 0.0862. The molecule has 0 saturated heterocycles. The number of halogens is 2. The van der Waals surface area contributed by atoms with Gasteiger partial charge in [-0.3, -0.25) is 0 Å². The molecule has 0 aliphatic rings. The third-order valence-electron chi connectivity index (χ3n) is 3.39. The van der Waals surface area contributed by atoms with Gasteiger partial charge >= 0.3 is 0 Å². The summed E-state index contributed by atoms with van der Waals surface area (Å²) in [5.74, 6) is -0.689. The highest BCUT2D eigenvalue weighted by atomic mass is 19.1. The maximum Gasteiger partial charge on any atom is 0.168 e. The molecule has 5 heteroatoms. The second-order valence-electron chi connectivity index (χ2n) is 4.69. The smallest absolute Gasteiger partial charge is 0.168 e. The number of hydrogen-bond donors (Lipinski definition) is 2. The Morgan fingerprint density at radius 2 is 1.68 bits per heavy atom. The Morgan fingerprint density at radius 3 is 2.21 bits per heavy atom. The van der Waals surface area contributed by atoms with Crippen LogP contribution < -0.4 is 10.6 Å². The molecule has 1 aromatic rings. The van der Waals surface area contributed by atoms with Crippen molar-refractivity contribution >= 4 is 11.6 Å². The van der Waals surface area contributed by atoms with Gasteiger partial charge in [0.25, 0.3) is 0 Å². The third kappa shape index (κ3) is 4.04. The van der Waals surface area contributed by atoms with E-state index in [1.165, 1.54) is 0 Å². The van der Waals surface area contributed by atoms with Gasteiger partial charge in [0.2, 0.25) is 0 Å². The zero-order valence-corrected chi connectivity index (χ0v) is 12.1. The van der Waals surface area contributed by atoms with Crippen LogP contribution in [0.5, 0.6) is 0 Å². The summed E-state index contributed by atoms with van der Waals surface area (Å²) in [7, 11) is 0. The fourth-order valence-corrected chi connectivity index (χ4v) is 2.19. The Bertz CT molecular complexity index is 406. The first-order valence-electron chi connectivity index (χ1n) is 6.89. The molecule has 0 radical (unpaired) electrons. The van der Waals surface area contributed by atoms with Gasteiger partial charge in [0, 0.05) is 18.7 Å². The van der Waals surface area contributed by atoms with E-state index in [0.29, 0.717) is 12.5 Å². The van der Waals surface area contributed by atoms with Gasteiger partial charge in [-0.15, -0.1) is 0 Å². The van der Waals surface area contributed by atoms with E-state index in [-0.39, 0.29) is 17.7 Å². The molecule has 3 nitrogen and oxygen atoms in total. The summed E-state index contributed by atoms with van der Waals surface area (Å²) in [5.41, 5.74) is 0. The molecule has 1 unspecified atom stereocenters. The van der Waals surface area contributed by atoms with Crippen molar-refractivity contribution in [3.05, 3.63) is 17.7 Å². The Labute approximate surface area is 113 Å². The largest absolute Gasteiger partial charge is 0.368 e. The number of pyridine rings is 1. The zero-order chi connectivity index (χ0) is 14.4. The van der Waals surface area contributed by atoms with Crippen LogP contribution in [0.2, 0.25) is 0 Å². The van der Waals surface area contributed by atoms with E-state index in [1.54, 1.807) is 0 Å². The first-order valence-corrected chi connectivity index (χ1v) is 6.89. The van der Waals surface area contributed by atoms with Crippen LogP contribution in [0.25, 0.3) is 0 Å². The van der Waals surface area contributed by atoms with Crippen LogP contribution in [-0.4, -0.2) is 17.6 Å². The predicted molar refractivity (Wildman–Crippen MR) is 75.5 cm³/mol. The molecule has 0 aliphatic heterocycles. The van der Waals surface area contributed by atoms with Crippen LogP contribution in [0.3, 0.4) is 0 Å². The molecule has 1 aromatic heterocycles. The molecular weight excluding hydrogens is 248 g/mol. The van der Waals surface area contributed by atoms with Gasteiger partial charge in [0.05, 0.1) is 0 Å². The van der Waals surface area contributed by atoms with E-state index in [9.17, 15) is 8.78 Å². The third-order valence-corrected chi connectivity index (χ3v) is 3.39. The lowest BCUT2D eigenvalue weighted by atomic mass is 9.95. The Balaban J connectivity index is 2.90. The summed E-state index contributed by atoms with van der Waals surface area (Å²) in [6, 6.07) is 0.962. The molecule has 0 saturated carbocycles. The molecule has 1 rings (SSSR count). The van der Waals surface area contributed by atoms with Crippen molar-refractivity contribution in [2.24, 2.45) is 5.92 Å². The quantitative estimate of drug-likeness (QED) is 0.786. The molecule has 0 spiro atoms. The minimum Gasteiger partial charge on any atom is -0.368 e. The second kappa shape index (κ2) is 7.26. The van der Waals surface area contributed by atoms with Gasteiger partial charge in [-0.05, 0) is 19.8 Å². The Kier molecular flexibility index (Phi) is 5.99. The van der Waals surface area contributed by atoms with Gasteiger partial charge in [0.1, 0.15) is 0 Å². The van der Waals surface area contributed by atoms with E-state index in [2.05, 4.69) is 29.5 Å². The Morgan fingerprint density at radius 1 is 1.11 bits per heavy atom. The van der Waals surface area contributed by atoms with Crippen LogP contribution in [0.15, 0.2) is 6.07 Å². The van der Waals surface area contributed by atoms with E-state index < -0.39 is 11.6 Å². The average molecular weight is 271 g/mol. The summed E-state index contributed by atoms with van der Waals surface area (Å²) in [6.45, 7) is 8.58. The molecule has 0 fully saturated rings. The Hall–Kier alpha value is -1.39. The van der Waals surface area contributed by atoms with Crippen molar-refractivity contribution in [1.29, 1.82) is 0 Å². The van der Waals surface area contributed by atoms with Gasteiger partial charge in [-0.25, -0.2) is 13.8 Å². The highest BCUT2D eigenvalue weighted by Crippen LogP contribution is 2.22. The van der Waals surface area contributed by atoms with Crippen LogP contribution in [0, 0.1) is 17.6 Å². The topological polar surface area (TPSA) is 37.0 Å². The van der Waals surface area contributed by atoms with Crippen molar-refractivity contribution < 1.29 is 8.78 Å². The number of nitrogens with one attached hydrogen (secondary N) is 2. The maximum atomic E-state index is 13.7. The molecule has 1 heterocycles. The minimum atomic E-state index is -0.667. The number of anilines is 2. The lowest BCUT2D eigenvalue weighted by molar-refractivity contribution is 0.434. The molecule has 0 amide bonds. The summed E-state index contributed by atoms with van der Waals surface area (Å²) in [5, 5.41) is 5.83. The first kappa shape index (κ1) is 15.7. The number of aromatic nitrogens is 1. The normalized spacial score (nSPS) is 12.6. The summed E-state index contributed by atoms with van der Waals surface area (Å²) < 4.78 is 27.2. The van der Waals surface area contributed by atoms with Gasteiger partial charge in [-0.2, -0.15) is 0 Å². The van der Waals surface area contributed by atoms with Crippen LogP contribution in [-0.2, 0) is 0 Å². The highest BCUT2D eigenvalue weighted by Gasteiger charge is 2.17. The van der Waals surface area contributed by atoms with Crippen LogP contribution in [0.4, 0.5) is 20.4 Å². The zero-order valence-electron chi connectivity index (χ0n) is 12.1. The van der Waals surface area contributed by atoms with Gasteiger partial charge in [-0.1, -0.05) is 26.7 Å². The van der Waals surface area contributed by atoms with Crippen LogP contribution in [0.1, 0.15) is 40.5 Å². The highest BCUT2D eigenvalue weighted by molar-refractivity contribution is 5.48. The van der Waals surface area contributed by atoms with Crippen molar-refractivity contribution in [1.82, 2.24) is 4.98 Å². The number of nitrogens with zero attached hydrogens (tertiary/aromatic N) is 1. The molecule has 1 atom stereocenters. The predicted octanol–water partition coefficient (Wildman–Crippen LogP) is 4.03. The summed E-state index contributed by atoms with van der Waals surface area (Å²) in [4.78, 5) is 3.98. The molecule has 108 valence electrons. The molecule has 0 aliphatic carbocycles. The fourth-order valence-electron chi connectivity index (χ4n) is 2.19. The van der Waals surface area contributed by atoms with Crippen molar-refractivity contribution in [3.63, 3.8) is 0 Å². The lowest BCUT2D eigenvalue weighted by Gasteiger charge is -2.23. The standard InChI is InChI=1S/C14H23F2N3/c1-5-10(6-2)9(4)18-14-12(16)8-11(15)13(19-14)17-7-3/h8-10H,5-7H2,1-4H3,(H2,17,18,19). The summed E-state index contributed by atoms with van der Waals surface area (Å²) in [6.07, 6.45) is 2.01. The lowest BCUT2D eigenvalue weighted by Crippen LogP contribution is -2.26. The van der Waals surface area contributed by atoms with E-state index in [0.717, 1.165) is 18.9 Å². The van der Waals surface area contributed by atoms with Crippen LogP contribution >= 0.6 is 0 Å². The average Bonchev–Trinajstić information content (AvgIpc) is 2.37. The van der Waals surface area contributed by atoms with E-state index in [1.807, 2.05) is 13.8 Å². The summed E-state index contributed by atoms with van der Waals surface area (Å²) >= 11 is 0. The van der Waals surface area contributed by atoms with Crippen molar-refractivity contribution in [3.8, 4) is 0 Å². The number of hydrogen-bond acceptors (Lipinski definition) is 3. The first-order chi connectivity index (χ1) is 9.03. The maximum absolute atomic E-state index is 13.7. The monoisotopic (exact) mass is 271 g/mol. The van der Waals surface area contributed by atoms with Crippen molar-refractivity contribution in [2.45, 2.75) is 46.6 Å². The molecule has 0 aromatic carbocycles. The van der Waals surface area contributed by atoms with Crippen molar-refractivity contribution in [2.75, 3.05) is 17.2 Å². The molecular formula is C14H23F2N3. The number of rotatable bonds is 7. The van der Waals surface area contributed by atoms with E-state index in [4.69, 9.17) is 0 Å². The molecule has 2 N–H and O–H groups in total. The van der Waals surface area contributed by atoms with E-state index >= 15 is 0 Å². The second-order valence-corrected chi connectivity index (χ2v) is 4.69. The fraction of sp³-hybridized carbons (Fsp3) is 0.643. The van der Waals surface area contributed by atoms with Gasteiger partial charge < -0.3 is 10.6 Å².